The fraction of sp³-hybridized carbons (Fsp3) is 0.179. The standard InChI is InChI=1S/C28H28N4O3/c33-26(22-13-6-2-7-14-22)31-25(19-21-11-4-1-5-12-21)27(34)32-18-10-17-24(32)20-29-28(35)30-23-15-8-3-9-16-23/h1-9,11-16,19,24H,10,17-18,20H2,(H,31,33)(H2,29,30,35)/b25-19+/t24-/m0/s1. The summed E-state index contributed by atoms with van der Waals surface area (Å²) in [6.07, 6.45) is 3.28. The summed E-state index contributed by atoms with van der Waals surface area (Å²) in [5, 5.41) is 8.46. The summed E-state index contributed by atoms with van der Waals surface area (Å²) in [5.74, 6) is -0.622. The van der Waals surface area contributed by atoms with Crippen molar-refractivity contribution in [3.8, 4) is 0 Å². The van der Waals surface area contributed by atoms with Crippen LogP contribution in [0.2, 0.25) is 0 Å². The second kappa shape index (κ2) is 11.7. The highest BCUT2D eigenvalue weighted by atomic mass is 16.2. The summed E-state index contributed by atoms with van der Waals surface area (Å²) < 4.78 is 0. The first-order valence-corrected chi connectivity index (χ1v) is 11.6. The third kappa shape index (κ3) is 6.57. The first kappa shape index (κ1) is 23.8. The van der Waals surface area contributed by atoms with Crippen molar-refractivity contribution < 1.29 is 14.4 Å². The van der Waals surface area contributed by atoms with E-state index < -0.39 is 0 Å². The summed E-state index contributed by atoms with van der Waals surface area (Å²) >= 11 is 0. The van der Waals surface area contributed by atoms with E-state index in [1.54, 1.807) is 47.4 Å². The number of hydrogen-bond donors (Lipinski definition) is 3. The molecule has 35 heavy (non-hydrogen) atoms. The molecule has 4 amide bonds. The van der Waals surface area contributed by atoms with E-state index in [0.717, 1.165) is 18.4 Å². The van der Waals surface area contributed by atoms with Crippen LogP contribution in [0.15, 0.2) is 96.7 Å². The Bertz CT molecular complexity index is 1180. The normalized spacial score (nSPS) is 15.4. The van der Waals surface area contributed by atoms with Gasteiger partial charge in [-0.2, -0.15) is 0 Å². The smallest absolute Gasteiger partial charge is 0.319 e. The number of carbonyl (C=O) groups excluding carboxylic acids is 3. The molecule has 0 unspecified atom stereocenters. The number of urea groups is 1. The van der Waals surface area contributed by atoms with Crippen LogP contribution in [-0.2, 0) is 4.79 Å². The zero-order valence-electron chi connectivity index (χ0n) is 19.3. The van der Waals surface area contributed by atoms with Crippen LogP contribution < -0.4 is 16.0 Å². The largest absolute Gasteiger partial charge is 0.336 e. The van der Waals surface area contributed by atoms with Gasteiger partial charge in [0.15, 0.2) is 0 Å². The second-order valence-corrected chi connectivity index (χ2v) is 8.28. The van der Waals surface area contributed by atoms with Gasteiger partial charge in [-0.25, -0.2) is 4.79 Å². The lowest BCUT2D eigenvalue weighted by Crippen LogP contribution is -2.46. The summed E-state index contributed by atoms with van der Waals surface area (Å²) in [6, 6.07) is 26.9. The number of anilines is 1. The molecule has 1 aliphatic heterocycles. The molecule has 1 atom stereocenters. The number of rotatable bonds is 7. The first-order valence-electron chi connectivity index (χ1n) is 11.6. The van der Waals surface area contributed by atoms with E-state index in [-0.39, 0.29) is 29.6 Å². The summed E-state index contributed by atoms with van der Waals surface area (Å²) in [4.78, 5) is 40.5. The Morgan fingerprint density at radius 1 is 0.857 bits per heavy atom. The highest BCUT2D eigenvalue weighted by molar-refractivity contribution is 6.05. The SMILES string of the molecule is O=C(NC[C@@H]1CCCN1C(=O)/C(=C\c1ccccc1)NC(=O)c1ccccc1)Nc1ccccc1. The zero-order valence-corrected chi connectivity index (χ0v) is 19.3. The van der Waals surface area contributed by atoms with E-state index in [1.807, 2.05) is 54.6 Å². The van der Waals surface area contributed by atoms with Gasteiger partial charge in [0.2, 0.25) is 0 Å². The predicted octanol–water partition coefficient (Wildman–Crippen LogP) is 4.27. The van der Waals surface area contributed by atoms with Crippen LogP contribution in [0.3, 0.4) is 0 Å². The lowest BCUT2D eigenvalue weighted by Gasteiger charge is -2.26. The lowest BCUT2D eigenvalue weighted by atomic mass is 10.1. The maximum atomic E-state index is 13.6. The number of nitrogens with one attached hydrogen (secondary N) is 3. The minimum Gasteiger partial charge on any atom is -0.336 e. The Hall–Kier alpha value is -4.39. The maximum absolute atomic E-state index is 13.6. The topological polar surface area (TPSA) is 90.5 Å². The predicted molar refractivity (Wildman–Crippen MR) is 137 cm³/mol. The van der Waals surface area contributed by atoms with Gasteiger partial charge in [0, 0.05) is 30.4 Å². The Morgan fingerprint density at radius 3 is 2.17 bits per heavy atom. The van der Waals surface area contributed by atoms with Crippen molar-refractivity contribution in [2.24, 2.45) is 0 Å². The molecule has 3 aromatic carbocycles. The Morgan fingerprint density at radius 2 is 1.49 bits per heavy atom. The molecule has 1 heterocycles. The molecule has 0 radical (unpaired) electrons. The number of carbonyl (C=O) groups is 3. The molecule has 7 heteroatoms. The first-order chi connectivity index (χ1) is 17.1. The van der Waals surface area contributed by atoms with Crippen molar-refractivity contribution in [3.63, 3.8) is 0 Å². The molecule has 178 valence electrons. The third-order valence-corrected chi connectivity index (χ3v) is 5.79. The van der Waals surface area contributed by atoms with Crippen LogP contribution in [0.4, 0.5) is 10.5 Å². The highest BCUT2D eigenvalue weighted by Crippen LogP contribution is 2.20. The van der Waals surface area contributed by atoms with Gasteiger partial charge < -0.3 is 20.9 Å². The van der Waals surface area contributed by atoms with Gasteiger partial charge >= 0.3 is 6.03 Å². The van der Waals surface area contributed by atoms with Crippen molar-refractivity contribution in [2.75, 3.05) is 18.4 Å². The van der Waals surface area contributed by atoms with Crippen molar-refractivity contribution >= 4 is 29.6 Å². The maximum Gasteiger partial charge on any atom is 0.319 e. The summed E-state index contributed by atoms with van der Waals surface area (Å²) in [5.41, 5.74) is 2.17. The summed E-state index contributed by atoms with van der Waals surface area (Å²) in [6.45, 7) is 0.870. The molecule has 0 bridgehead atoms. The van der Waals surface area contributed by atoms with Gasteiger partial charge in [0.05, 0.1) is 0 Å². The van der Waals surface area contributed by atoms with Crippen LogP contribution in [0, 0.1) is 0 Å². The van der Waals surface area contributed by atoms with Crippen LogP contribution in [0.5, 0.6) is 0 Å². The lowest BCUT2D eigenvalue weighted by molar-refractivity contribution is -0.128. The molecule has 0 aromatic heterocycles. The monoisotopic (exact) mass is 468 g/mol. The van der Waals surface area contributed by atoms with Crippen LogP contribution in [-0.4, -0.2) is 41.9 Å². The van der Waals surface area contributed by atoms with E-state index in [9.17, 15) is 14.4 Å². The van der Waals surface area contributed by atoms with Gasteiger partial charge in [-0.05, 0) is 48.7 Å². The fourth-order valence-electron chi connectivity index (χ4n) is 4.03. The molecule has 3 N–H and O–H groups in total. The minimum atomic E-state index is -0.350. The Balaban J connectivity index is 1.46. The summed E-state index contributed by atoms with van der Waals surface area (Å²) in [7, 11) is 0. The number of benzene rings is 3. The Kier molecular flexibility index (Phi) is 7.91. The average Bonchev–Trinajstić information content (AvgIpc) is 3.37. The van der Waals surface area contributed by atoms with Crippen molar-refractivity contribution in [1.29, 1.82) is 0 Å². The average molecular weight is 469 g/mol. The molecule has 1 fully saturated rings. The van der Waals surface area contributed by atoms with Gasteiger partial charge in [-0.15, -0.1) is 0 Å². The van der Waals surface area contributed by atoms with Crippen LogP contribution >= 0.6 is 0 Å². The van der Waals surface area contributed by atoms with Crippen molar-refractivity contribution in [1.82, 2.24) is 15.5 Å². The molecule has 0 spiro atoms. The highest BCUT2D eigenvalue weighted by Gasteiger charge is 2.31. The van der Waals surface area contributed by atoms with E-state index in [2.05, 4.69) is 16.0 Å². The van der Waals surface area contributed by atoms with E-state index in [4.69, 9.17) is 0 Å². The second-order valence-electron chi connectivity index (χ2n) is 8.28. The van der Waals surface area contributed by atoms with Crippen molar-refractivity contribution in [3.05, 3.63) is 108 Å². The van der Waals surface area contributed by atoms with E-state index in [0.29, 0.717) is 24.3 Å². The van der Waals surface area contributed by atoms with E-state index in [1.165, 1.54) is 0 Å². The Labute approximate surface area is 204 Å². The molecule has 0 aliphatic carbocycles. The number of nitrogens with zero attached hydrogens (tertiary/aromatic N) is 1. The molecule has 7 nitrogen and oxygen atoms in total. The number of hydrogen-bond acceptors (Lipinski definition) is 3. The molecular formula is C28H28N4O3. The molecule has 4 rings (SSSR count). The van der Waals surface area contributed by atoms with Crippen LogP contribution in [0.25, 0.3) is 6.08 Å². The quantitative estimate of drug-likeness (QED) is 0.453. The molecule has 0 saturated carbocycles. The van der Waals surface area contributed by atoms with Gasteiger partial charge in [0.25, 0.3) is 11.8 Å². The molecule has 1 aliphatic rings. The molecule has 3 aromatic rings. The number of para-hydroxylation sites is 1. The number of amides is 4. The van der Waals surface area contributed by atoms with Crippen molar-refractivity contribution in [2.45, 2.75) is 18.9 Å². The fourth-order valence-corrected chi connectivity index (χ4v) is 4.03. The van der Waals surface area contributed by atoms with Gasteiger partial charge in [-0.3, -0.25) is 9.59 Å². The zero-order chi connectivity index (χ0) is 24.5. The van der Waals surface area contributed by atoms with Gasteiger partial charge in [0.1, 0.15) is 5.70 Å². The third-order valence-electron chi connectivity index (χ3n) is 5.79. The van der Waals surface area contributed by atoms with Gasteiger partial charge in [-0.1, -0.05) is 66.7 Å². The molecular weight excluding hydrogens is 440 g/mol. The van der Waals surface area contributed by atoms with Crippen LogP contribution in [0.1, 0.15) is 28.8 Å². The van der Waals surface area contributed by atoms with E-state index >= 15 is 0 Å². The minimum absolute atomic E-state index is 0.170. The number of likely N-dealkylation sites (tertiary alicyclic amines) is 1. The molecule has 1 saturated heterocycles.